The van der Waals surface area contributed by atoms with Crippen LogP contribution in [0.25, 0.3) is 0 Å². The summed E-state index contributed by atoms with van der Waals surface area (Å²) in [4.78, 5) is 31.3. The maximum absolute atomic E-state index is 8.88. The van der Waals surface area contributed by atoms with Gasteiger partial charge in [0.1, 0.15) is 0 Å². The second-order valence-corrected chi connectivity index (χ2v) is 3.80. The van der Waals surface area contributed by atoms with Crippen LogP contribution in [0.4, 0.5) is 0 Å². The van der Waals surface area contributed by atoms with Crippen LogP contribution in [0, 0.1) is 0 Å². The van der Waals surface area contributed by atoms with E-state index >= 15 is 0 Å². The third-order valence-corrected chi connectivity index (χ3v) is 1.58. The van der Waals surface area contributed by atoms with E-state index in [1.54, 1.807) is 0 Å². The van der Waals surface area contributed by atoms with Crippen molar-refractivity contribution in [2.75, 3.05) is 6.61 Å². The molecule has 0 fully saturated rings. The highest BCUT2D eigenvalue weighted by atomic mass is 31.2. The first-order valence-electron chi connectivity index (χ1n) is 4.12. The van der Waals surface area contributed by atoms with Crippen LogP contribution in [-0.2, 0) is 15.9 Å². The lowest BCUT2D eigenvalue weighted by molar-refractivity contribution is -0.215. The number of para-hydroxylation sites is 1. The van der Waals surface area contributed by atoms with Crippen LogP contribution in [0.15, 0.2) is 24.3 Å². The van der Waals surface area contributed by atoms with Crippen molar-refractivity contribution in [1.82, 2.24) is 0 Å². The summed E-state index contributed by atoms with van der Waals surface area (Å²) < 4.78 is 8.88. The molecule has 0 saturated carbocycles. The Morgan fingerprint density at radius 1 is 1.20 bits per heavy atom. The molecular weight excluding hydrogens is 223 g/mol. The fourth-order valence-electron chi connectivity index (χ4n) is 1.05. The first-order valence-corrected chi connectivity index (χ1v) is 5.69. The van der Waals surface area contributed by atoms with Crippen LogP contribution in [0.1, 0.15) is 5.56 Å². The lowest BCUT2D eigenvalue weighted by Crippen LogP contribution is -2.10. The summed E-state index contributed by atoms with van der Waals surface area (Å²) in [6, 6.07) is 7.91. The summed E-state index contributed by atoms with van der Waals surface area (Å²) >= 11 is 0. The maximum atomic E-state index is 8.88. The van der Waals surface area contributed by atoms with Gasteiger partial charge >= 0.3 is 7.82 Å². The average molecular weight is 234 g/mol. The van der Waals surface area contributed by atoms with Crippen molar-refractivity contribution in [2.24, 2.45) is 0 Å². The molecule has 6 nitrogen and oxygen atoms in total. The Kier molecular flexibility index (Phi) is 4.26. The summed E-state index contributed by atoms with van der Waals surface area (Å²) in [5.41, 5.74) is 1.23. The zero-order valence-electron chi connectivity index (χ0n) is 7.74. The number of hydrogen-bond donors (Lipinski definition) is 3. The quantitative estimate of drug-likeness (QED) is 0.450. The Balaban J connectivity index is 0.000000195. The van der Waals surface area contributed by atoms with Gasteiger partial charge in [-0.1, -0.05) is 18.2 Å². The van der Waals surface area contributed by atoms with Gasteiger partial charge in [0, 0.05) is 12.0 Å². The Labute approximate surface area is 86.2 Å². The van der Waals surface area contributed by atoms with Crippen LogP contribution < -0.4 is 4.89 Å². The minimum atomic E-state index is -4.64. The normalized spacial score (nSPS) is 14.3. The summed E-state index contributed by atoms with van der Waals surface area (Å²) in [5, 5.41) is 0. The molecule has 0 aromatic heterocycles. The molecular formula is C8H11O6P. The lowest BCUT2D eigenvalue weighted by Gasteiger charge is -2.14. The Morgan fingerprint density at radius 2 is 1.80 bits per heavy atom. The van der Waals surface area contributed by atoms with Crippen LogP contribution >= 0.6 is 7.82 Å². The van der Waals surface area contributed by atoms with Crippen LogP contribution in [0.3, 0.4) is 0 Å². The van der Waals surface area contributed by atoms with Gasteiger partial charge in [-0.25, -0.2) is 4.57 Å². The molecule has 0 aliphatic carbocycles. The molecule has 1 aliphatic heterocycles. The first kappa shape index (κ1) is 12.2. The average Bonchev–Trinajstić information content (AvgIpc) is 2.16. The van der Waals surface area contributed by atoms with E-state index in [0.29, 0.717) is 6.61 Å². The van der Waals surface area contributed by atoms with Crippen molar-refractivity contribution < 1.29 is 29.0 Å². The minimum absolute atomic E-state index is 0.664. The molecule has 15 heavy (non-hydrogen) atoms. The van der Waals surface area contributed by atoms with Gasteiger partial charge in [-0.3, -0.25) is 0 Å². The van der Waals surface area contributed by atoms with Gasteiger partial charge in [-0.15, -0.1) is 0 Å². The highest BCUT2D eigenvalue weighted by Gasteiger charge is 2.08. The van der Waals surface area contributed by atoms with Crippen LogP contribution in [0.5, 0.6) is 5.75 Å². The Bertz CT molecular complexity index is 327. The van der Waals surface area contributed by atoms with Crippen molar-refractivity contribution in [3.05, 3.63) is 29.8 Å². The van der Waals surface area contributed by atoms with E-state index in [4.69, 9.17) is 29.0 Å². The predicted octanol–water partition coefficient (Wildman–Crippen LogP) is 0.624. The molecule has 0 saturated heterocycles. The number of phosphoric acid groups is 1. The standard InChI is InChI=1S/C8H8O2.H3O4P/c1-2-4-8-7(3-1)5-6-9-10-8;1-5(2,3)4/h1-4H,5-6H2;(H3,1,2,3,4). The van der Waals surface area contributed by atoms with Gasteiger partial charge in [0.25, 0.3) is 0 Å². The second kappa shape index (κ2) is 5.25. The topological polar surface area (TPSA) is 96.2 Å². The number of rotatable bonds is 0. The fraction of sp³-hybridized carbons (Fsp3) is 0.250. The molecule has 2 rings (SSSR count). The van der Waals surface area contributed by atoms with E-state index in [9.17, 15) is 0 Å². The molecule has 1 heterocycles. The summed E-state index contributed by atoms with van der Waals surface area (Å²) in [7, 11) is -4.64. The van der Waals surface area contributed by atoms with E-state index in [-0.39, 0.29) is 0 Å². The predicted molar refractivity (Wildman–Crippen MR) is 51.0 cm³/mol. The molecule has 84 valence electrons. The van der Waals surface area contributed by atoms with Crippen molar-refractivity contribution in [3.63, 3.8) is 0 Å². The summed E-state index contributed by atoms with van der Waals surface area (Å²) in [6.45, 7) is 0.664. The lowest BCUT2D eigenvalue weighted by atomic mass is 10.1. The monoisotopic (exact) mass is 234 g/mol. The van der Waals surface area contributed by atoms with Gasteiger partial charge in [0.15, 0.2) is 5.75 Å². The molecule has 7 heteroatoms. The Morgan fingerprint density at radius 3 is 2.40 bits per heavy atom. The molecule has 0 unspecified atom stereocenters. The zero-order valence-corrected chi connectivity index (χ0v) is 8.63. The van der Waals surface area contributed by atoms with Gasteiger partial charge in [0.2, 0.25) is 0 Å². The van der Waals surface area contributed by atoms with Crippen molar-refractivity contribution in [3.8, 4) is 5.75 Å². The van der Waals surface area contributed by atoms with Crippen LogP contribution in [0.2, 0.25) is 0 Å². The van der Waals surface area contributed by atoms with Crippen molar-refractivity contribution >= 4 is 7.82 Å². The molecule has 1 aliphatic rings. The second-order valence-electron chi connectivity index (χ2n) is 2.78. The van der Waals surface area contributed by atoms with Gasteiger partial charge in [-0.05, 0) is 6.07 Å². The van der Waals surface area contributed by atoms with Gasteiger partial charge in [0.05, 0.1) is 6.61 Å². The third-order valence-electron chi connectivity index (χ3n) is 1.58. The van der Waals surface area contributed by atoms with E-state index in [1.807, 2.05) is 18.2 Å². The summed E-state index contributed by atoms with van der Waals surface area (Å²) in [5.74, 6) is 0.855. The van der Waals surface area contributed by atoms with Crippen molar-refractivity contribution in [1.29, 1.82) is 0 Å². The van der Waals surface area contributed by atoms with Crippen LogP contribution in [-0.4, -0.2) is 21.3 Å². The van der Waals surface area contributed by atoms with E-state index in [2.05, 4.69) is 6.07 Å². The smallest absolute Gasteiger partial charge is 0.337 e. The van der Waals surface area contributed by atoms with E-state index < -0.39 is 7.82 Å². The first-order chi connectivity index (χ1) is 6.97. The van der Waals surface area contributed by atoms with Gasteiger partial charge in [-0.2, -0.15) is 4.89 Å². The van der Waals surface area contributed by atoms with Gasteiger partial charge < -0.3 is 19.6 Å². The third kappa shape index (κ3) is 5.51. The highest BCUT2D eigenvalue weighted by Crippen LogP contribution is 2.25. The SMILES string of the molecule is O=P(O)(O)O.c1ccc2c(c1)CCOO2. The molecule has 0 bridgehead atoms. The highest BCUT2D eigenvalue weighted by molar-refractivity contribution is 7.45. The zero-order chi connectivity index (χ0) is 11.3. The molecule has 1 aromatic rings. The molecule has 0 radical (unpaired) electrons. The minimum Gasteiger partial charge on any atom is -0.337 e. The summed E-state index contributed by atoms with van der Waals surface area (Å²) in [6.07, 6.45) is 0.955. The Hall–Kier alpha value is -0.910. The number of fused-ring (bicyclic) bond motifs is 1. The molecule has 0 amide bonds. The molecule has 3 N–H and O–H groups in total. The number of hydrogen-bond acceptors (Lipinski definition) is 3. The molecule has 0 spiro atoms. The molecule has 0 atom stereocenters. The number of benzene rings is 1. The molecule has 1 aromatic carbocycles. The van der Waals surface area contributed by atoms with Crippen molar-refractivity contribution in [2.45, 2.75) is 6.42 Å². The fourth-order valence-corrected chi connectivity index (χ4v) is 1.05. The maximum Gasteiger partial charge on any atom is 0.466 e. The van der Waals surface area contributed by atoms with E-state index in [1.165, 1.54) is 5.56 Å². The largest absolute Gasteiger partial charge is 0.466 e. The van der Waals surface area contributed by atoms with E-state index in [0.717, 1.165) is 12.2 Å².